The lowest BCUT2D eigenvalue weighted by Gasteiger charge is -2.37. The highest BCUT2D eigenvalue weighted by Gasteiger charge is 2.30. The maximum atomic E-state index is 13.8. The molecule has 0 saturated carbocycles. The van der Waals surface area contributed by atoms with Crippen LogP contribution in [0, 0.1) is 5.82 Å². The van der Waals surface area contributed by atoms with E-state index in [0.29, 0.717) is 25.9 Å². The van der Waals surface area contributed by atoms with Gasteiger partial charge in [0.15, 0.2) is 11.6 Å². The number of hydrogen-bond acceptors (Lipinski definition) is 4. The van der Waals surface area contributed by atoms with Gasteiger partial charge in [0.25, 0.3) is 5.91 Å². The van der Waals surface area contributed by atoms with Crippen LogP contribution in [0.25, 0.3) is 0 Å². The molecule has 26 heavy (non-hydrogen) atoms. The summed E-state index contributed by atoms with van der Waals surface area (Å²) in [7, 11) is 3.09. The number of methoxy groups -OCH3 is 1. The van der Waals surface area contributed by atoms with Crippen molar-refractivity contribution in [2.24, 2.45) is 0 Å². The zero-order valence-electron chi connectivity index (χ0n) is 16.0. The third-order valence-electron chi connectivity index (χ3n) is 4.38. The van der Waals surface area contributed by atoms with Gasteiger partial charge in [0, 0.05) is 31.7 Å². The predicted octanol–water partition coefficient (Wildman–Crippen LogP) is 3.31. The van der Waals surface area contributed by atoms with Crippen LogP contribution < -0.4 is 4.74 Å². The smallest absolute Gasteiger partial charge is 0.410 e. The van der Waals surface area contributed by atoms with Crippen molar-refractivity contribution < 1.29 is 23.5 Å². The minimum Gasteiger partial charge on any atom is -0.494 e. The minimum absolute atomic E-state index is 0.00801. The summed E-state index contributed by atoms with van der Waals surface area (Å²) in [4.78, 5) is 28.0. The van der Waals surface area contributed by atoms with E-state index >= 15 is 0 Å². The number of likely N-dealkylation sites (tertiary alicyclic amines) is 1. The first kappa shape index (κ1) is 20.0. The molecule has 1 heterocycles. The Hall–Kier alpha value is -2.31. The summed E-state index contributed by atoms with van der Waals surface area (Å²) in [5.41, 5.74) is -0.251. The molecule has 0 atom stereocenters. The molecule has 6 nitrogen and oxygen atoms in total. The van der Waals surface area contributed by atoms with Crippen molar-refractivity contribution in [3.05, 3.63) is 29.6 Å². The van der Waals surface area contributed by atoms with Gasteiger partial charge in [-0.2, -0.15) is 0 Å². The molecular formula is C19H27FN2O4. The molecule has 2 amide bonds. The number of halogens is 1. The molecule has 1 fully saturated rings. The normalized spacial score (nSPS) is 15.5. The van der Waals surface area contributed by atoms with Gasteiger partial charge in [-0.05, 0) is 51.8 Å². The molecule has 1 aromatic carbocycles. The van der Waals surface area contributed by atoms with Crippen LogP contribution in [0.15, 0.2) is 18.2 Å². The van der Waals surface area contributed by atoms with E-state index in [-0.39, 0.29) is 29.4 Å². The highest BCUT2D eigenvalue weighted by molar-refractivity contribution is 5.94. The monoisotopic (exact) mass is 366 g/mol. The van der Waals surface area contributed by atoms with Crippen molar-refractivity contribution in [2.45, 2.75) is 45.3 Å². The fourth-order valence-electron chi connectivity index (χ4n) is 2.93. The SMILES string of the molecule is COc1ccc(C(=O)N(C)C2CCN(C(=O)OC(C)(C)C)CC2)cc1F. The van der Waals surface area contributed by atoms with Crippen molar-refractivity contribution in [1.82, 2.24) is 9.80 Å². The van der Waals surface area contributed by atoms with Crippen LogP contribution in [0.4, 0.5) is 9.18 Å². The fraction of sp³-hybridized carbons (Fsp3) is 0.579. The number of ether oxygens (including phenoxy) is 2. The highest BCUT2D eigenvalue weighted by atomic mass is 19.1. The van der Waals surface area contributed by atoms with Gasteiger partial charge in [0.1, 0.15) is 5.60 Å². The van der Waals surface area contributed by atoms with E-state index in [1.54, 1.807) is 22.9 Å². The van der Waals surface area contributed by atoms with E-state index < -0.39 is 11.4 Å². The molecule has 1 saturated heterocycles. The average molecular weight is 366 g/mol. The first-order valence-corrected chi connectivity index (χ1v) is 8.71. The second-order valence-corrected chi connectivity index (χ2v) is 7.46. The summed E-state index contributed by atoms with van der Waals surface area (Å²) < 4.78 is 24.1. The molecule has 0 N–H and O–H groups in total. The van der Waals surface area contributed by atoms with E-state index in [4.69, 9.17) is 9.47 Å². The third-order valence-corrected chi connectivity index (χ3v) is 4.38. The molecule has 0 bridgehead atoms. The van der Waals surface area contributed by atoms with E-state index in [0.717, 1.165) is 0 Å². The van der Waals surface area contributed by atoms with Crippen LogP contribution >= 0.6 is 0 Å². The number of rotatable bonds is 3. The summed E-state index contributed by atoms with van der Waals surface area (Å²) in [6.45, 7) is 6.54. The lowest BCUT2D eigenvalue weighted by Crippen LogP contribution is -2.48. The van der Waals surface area contributed by atoms with Crippen LogP contribution in [0.5, 0.6) is 5.75 Å². The van der Waals surface area contributed by atoms with Crippen LogP contribution in [-0.2, 0) is 4.74 Å². The average Bonchev–Trinajstić information content (AvgIpc) is 2.59. The molecule has 0 spiro atoms. The van der Waals surface area contributed by atoms with Crippen LogP contribution in [-0.4, -0.2) is 60.7 Å². The van der Waals surface area contributed by atoms with Gasteiger partial charge in [0.2, 0.25) is 0 Å². The molecule has 0 unspecified atom stereocenters. The number of piperidine rings is 1. The number of carbonyl (C=O) groups is 2. The zero-order valence-corrected chi connectivity index (χ0v) is 16.0. The zero-order chi connectivity index (χ0) is 19.5. The van der Waals surface area contributed by atoms with E-state index in [1.165, 1.54) is 19.2 Å². The topological polar surface area (TPSA) is 59.1 Å². The third kappa shape index (κ3) is 4.86. The predicted molar refractivity (Wildman–Crippen MR) is 95.9 cm³/mol. The van der Waals surface area contributed by atoms with Crippen molar-refractivity contribution in [3.8, 4) is 5.75 Å². The lowest BCUT2D eigenvalue weighted by molar-refractivity contribution is 0.0160. The molecule has 0 aromatic heterocycles. The van der Waals surface area contributed by atoms with E-state index in [1.807, 2.05) is 20.8 Å². The Morgan fingerprint density at radius 3 is 2.35 bits per heavy atom. The van der Waals surface area contributed by atoms with Gasteiger partial charge in [-0.25, -0.2) is 9.18 Å². The number of benzene rings is 1. The van der Waals surface area contributed by atoms with Gasteiger partial charge in [-0.1, -0.05) is 0 Å². The Bertz CT molecular complexity index is 664. The Labute approximate surface area is 153 Å². The second-order valence-electron chi connectivity index (χ2n) is 7.46. The van der Waals surface area contributed by atoms with Gasteiger partial charge in [-0.3, -0.25) is 4.79 Å². The standard InChI is InChI=1S/C19H27FN2O4/c1-19(2,3)26-18(24)22-10-8-14(9-11-22)21(4)17(23)13-6-7-16(25-5)15(20)12-13/h6-7,12,14H,8-11H2,1-5H3. The van der Waals surface area contributed by atoms with Crippen LogP contribution in [0.2, 0.25) is 0 Å². The molecule has 0 aliphatic carbocycles. The largest absolute Gasteiger partial charge is 0.494 e. The molecule has 1 aromatic rings. The summed E-state index contributed by atoms with van der Waals surface area (Å²) in [6.07, 6.45) is 0.974. The number of amides is 2. The Balaban J connectivity index is 1.95. The van der Waals surface area contributed by atoms with Gasteiger partial charge < -0.3 is 19.3 Å². The van der Waals surface area contributed by atoms with Crippen molar-refractivity contribution in [1.29, 1.82) is 0 Å². The molecule has 7 heteroatoms. The molecule has 144 valence electrons. The summed E-state index contributed by atoms with van der Waals surface area (Å²) >= 11 is 0. The molecule has 0 radical (unpaired) electrons. The highest BCUT2D eigenvalue weighted by Crippen LogP contribution is 2.22. The molecular weight excluding hydrogens is 339 g/mol. The first-order chi connectivity index (χ1) is 12.1. The van der Waals surface area contributed by atoms with Crippen LogP contribution in [0.3, 0.4) is 0 Å². The maximum Gasteiger partial charge on any atom is 0.410 e. The lowest BCUT2D eigenvalue weighted by atomic mass is 10.0. The summed E-state index contributed by atoms with van der Waals surface area (Å²) in [5.74, 6) is -0.705. The fourth-order valence-corrected chi connectivity index (χ4v) is 2.93. The summed E-state index contributed by atoms with van der Waals surface area (Å²) in [6, 6.07) is 4.18. The number of carbonyl (C=O) groups excluding carboxylic acids is 2. The number of hydrogen-bond donors (Lipinski definition) is 0. The quantitative estimate of drug-likeness (QED) is 0.824. The van der Waals surface area contributed by atoms with Crippen LogP contribution in [0.1, 0.15) is 44.0 Å². The van der Waals surface area contributed by atoms with E-state index in [2.05, 4.69) is 0 Å². The van der Waals surface area contributed by atoms with Gasteiger partial charge >= 0.3 is 6.09 Å². The minimum atomic E-state index is -0.563. The summed E-state index contributed by atoms with van der Waals surface area (Å²) in [5, 5.41) is 0. The van der Waals surface area contributed by atoms with Crippen molar-refractivity contribution in [3.63, 3.8) is 0 Å². The molecule has 1 aliphatic rings. The molecule has 2 rings (SSSR count). The maximum absolute atomic E-state index is 13.8. The van der Waals surface area contributed by atoms with Crippen molar-refractivity contribution in [2.75, 3.05) is 27.2 Å². The van der Waals surface area contributed by atoms with E-state index in [9.17, 15) is 14.0 Å². The molecule has 1 aliphatic heterocycles. The Morgan fingerprint density at radius 1 is 1.23 bits per heavy atom. The number of nitrogens with zero attached hydrogens (tertiary/aromatic N) is 2. The van der Waals surface area contributed by atoms with Gasteiger partial charge in [-0.15, -0.1) is 0 Å². The Kier molecular flexibility index (Phi) is 6.10. The second kappa shape index (κ2) is 7.93. The first-order valence-electron chi connectivity index (χ1n) is 8.71. The Morgan fingerprint density at radius 2 is 1.85 bits per heavy atom. The van der Waals surface area contributed by atoms with Crippen molar-refractivity contribution >= 4 is 12.0 Å². The van der Waals surface area contributed by atoms with Gasteiger partial charge in [0.05, 0.1) is 7.11 Å².